The molecule has 0 unspecified atom stereocenters. The third kappa shape index (κ3) is 6.87. The van der Waals surface area contributed by atoms with Gasteiger partial charge in [-0.1, -0.05) is 50.2 Å². The summed E-state index contributed by atoms with van der Waals surface area (Å²) in [5.41, 5.74) is 2.94. The Bertz CT molecular complexity index is 1120. The van der Waals surface area contributed by atoms with E-state index in [1.54, 1.807) is 44.0 Å². The Kier molecular flexibility index (Phi) is 9.16. The Balaban J connectivity index is 1.93. The first-order valence-electron chi connectivity index (χ1n) is 11.3. The maximum absolute atomic E-state index is 13.0. The third-order valence-corrected chi connectivity index (χ3v) is 6.18. The normalized spacial score (nSPS) is 10.7. The lowest BCUT2D eigenvalue weighted by molar-refractivity contribution is -0.142. The summed E-state index contributed by atoms with van der Waals surface area (Å²) in [6.07, 6.45) is 0.148. The van der Waals surface area contributed by atoms with Gasteiger partial charge in [-0.25, -0.2) is 0 Å². The van der Waals surface area contributed by atoms with Crippen molar-refractivity contribution in [3.8, 4) is 17.2 Å². The zero-order valence-electron chi connectivity index (χ0n) is 20.0. The molecule has 0 saturated carbocycles. The molecular weight excluding hydrogens is 448 g/mol. The molecule has 0 aliphatic rings. The van der Waals surface area contributed by atoms with E-state index in [0.717, 1.165) is 11.1 Å². The highest BCUT2D eigenvalue weighted by atomic mass is 32.2. The first-order chi connectivity index (χ1) is 16.4. The van der Waals surface area contributed by atoms with Crippen molar-refractivity contribution in [3.05, 3.63) is 89.0 Å². The van der Waals surface area contributed by atoms with Gasteiger partial charge in [0.25, 0.3) is 0 Å². The second-order valence-electron chi connectivity index (χ2n) is 7.95. The number of thioether (sulfide) groups is 1. The molecule has 5 nitrogen and oxygen atoms in total. The number of hydrogen-bond acceptors (Lipinski definition) is 6. The molecule has 3 aromatic rings. The predicted octanol–water partition coefficient (Wildman–Crippen LogP) is 6.47. The molecule has 178 valence electrons. The average Bonchev–Trinajstić information content (AvgIpc) is 2.83. The highest BCUT2D eigenvalue weighted by molar-refractivity contribution is 7.99. The fraction of sp³-hybridized carbons (Fsp3) is 0.286. The number of carbonyl (C=O) groups excluding carboxylic acids is 2. The summed E-state index contributed by atoms with van der Waals surface area (Å²) in [6.45, 7) is 6.38. The minimum atomic E-state index is -0.295. The van der Waals surface area contributed by atoms with E-state index >= 15 is 0 Å². The Labute approximate surface area is 205 Å². The fourth-order valence-electron chi connectivity index (χ4n) is 3.35. The van der Waals surface area contributed by atoms with Crippen molar-refractivity contribution in [1.82, 2.24) is 0 Å². The fourth-order valence-corrected chi connectivity index (χ4v) is 4.09. The van der Waals surface area contributed by atoms with E-state index in [9.17, 15) is 9.59 Å². The van der Waals surface area contributed by atoms with Gasteiger partial charge in [-0.05, 0) is 48.1 Å². The van der Waals surface area contributed by atoms with Crippen molar-refractivity contribution in [2.24, 2.45) is 0 Å². The summed E-state index contributed by atoms with van der Waals surface area (Å²) in [4.78, 5) is 24.9. The molecule has 0 N–H and O–H groups in total. The van der Waals surface area contributed by atoms with Crippen LogP contribution in [0.3, 0.4) is 0 Å². The minimum Gasteiger partial charge on any atom is -0.493 e. The molecule has 3 rings (SSSR count). The van der Waals surface area contributed by atoms with Crippen LogP contribution in [0.4, 0.5) is 0 Å². The number of esters is 1. The maximum atomic E-state index is 13.0. The van der Waals surface area contributed by atoms with Gasteiger partial charge < -0.3 is 14.2 Å². The van der Waals surface area contributed by atoms with Crippen molar-refractivity contribution < 1.29 is 23.8 Å². The second kappa shape index (κ2) is 12.3. The molecule has 6 heteroatoms. The van der Waals surface area contributed by atoms with Gasteiger partial charge in [0, 0.05) is 22.4 Å². The average molecular weight is 479 g/mol. The molecule has 0 fully saturated rings. The number of rotatable bonds is 11. The molecule has 0 aliphatic heterocycles. The number of carbonyl (C=O) groups is 2. The largest absolute Gasteiger partial charge is 0.493 e. The van der Waals surface area contributed by atoms with Gasteiger partial charge in [0.15, 0.2) is 17.3 Å². The maximum Gasteiger partial charge on any atom is 0.310 e. The van der Waals surface area contributed by atoms with E-state index in [2.05, 4.69) is 13.8 Å². The summed E-state index contributed by atoms with van der Waals surface area (Å²) < 4.78 is 16.8. The number of hydrogen-bond donors (Lipinski definition) is 0. The molecule has 0 radical (unpaired) electrons. The van der Waals surface area contributed by atoms with Crippen LogP contribution in [0.15, 0.2) is 66.7 Å². The zero-order valence-corrected chi connectivity index (χ0v) is 20.8. The summed E-state index contributed by atoms with van der Waals surface area (Å²) in [6, 6.07) is 20.1. The number of benzene rings is 3. The van der Waals surface area contributed by atoms with Gasteiger partial charge in [0.05, 0.1) is 20.1 Å². The summed E-state index contributed by atoms with van der Waals surface area (Å²) in [5, 5.41) is 0.420. The second-order valence-corrected chi connectivity index (χ2v) is 9.51. The molecule has 0 amide bonds. The van der Waals surface area contributed by atoms with Gasteiger partial charge in [0.1, 0.15) is 5.75 Å². The van der Waals surface area contributed by atoms with Gasteiger partial charge in [-0.2, -0.15) is 11.8 Å². The van der Waals surface area contributed by atoms with E-state index in [-0.39, 0.29) is 18.2 Å². The summed E-state index contributed by atoms with van der Waals surface area (Å²) in [7, 11) is 1.57. The van der Waals surface area contributed by atoms with Crippen LogP contribution in [-0.2, 0) is 21.7 Å². The van der Waals surface area contributed by atoms with Crippen LogP contribution in [0.5, 0.6) is 17.2 Å². The lowest BCUT2D eigenvalue weighted by Gasteiger charge is -2.16. The number of ether oxygens (including phenoxy) is 3. The van der Waals surface area contributed by atoms with Crippen molar-refractivity contribution in [3.63, 3.8) is 0 Å². The molecule has 0 atom stereocenters. The highest BCUT2D eigenvalue weighted by Gasteiger charge is 2.16. The van der Waals surface area contributed by atoms with E-state index in [0.29, 0.717) is 46.0 Å². The zero-order chi connectivity index (χ0) is 24.5. The molecular formula is C28H30O5S. The highest BCUT2D eigenvalue weighted by Crippen LogP contribution is 2.36. The molecule has 3 aromatic carbocycles. The first-order valence-corrected chi connectivity index (χ1v) is 12.3. The van der Waals surface area contributed by atoms with E-state index < -0.39 is 0 Å². The van der Waals surface area contributed by atoms with Crippen LogP contribution >= 0.6 is 11.8 Å². The minimum absolute atomic E-state index is 0.0306. The van der Waals surface area contributed by atoms with Crippen molar-refractivity contribution in [2.75, 3.05) is 13.7 Å². The summed E-state index contributed by atoms with van der Waals surface area (Å²) >= 11 is 1.77. The van der Waals surface area contributed by atoms with Gasteiger partial charge in [-0.15, -0.1) is 0 Å². The Morgan fingerprint density at radius 3 is 2.29 bits per heavy atom. The Morgan fingerprint density at radius 2 is 1.62 bits per heavy atom. The Morgan fingerprint density at radius 1 is 0.882 bits per heavy atom. The molecule has 0 aromatic heterocycles. The quantitative estimate of drug-likeness (QED) is 0.233. The topological polar surface area (TPSA) is 61.8 Å². The molecule has 0 spiro atoms. The van der Waals surface area contributed by atoms with E-state index in [1.165, 1.54) is 0 Å². The van der Waals surface area contributed by atoms with Crippen LogP contribution in [-0.4, -0.2) is 30.7 Å². The third-order valence-electron chi connectivity index (χ3n) is 5.03. The molecule has 0 saturated heterocycles. The van der Waals surface area contributed by atoms with E-state index in [1.807, 2.05) is 48.5 Å². The standard InChI is InChI=1S/C28H30O5S/c1-5-32-27(29)16-20-11-13-25(31-4)26(15-20)33-24-14-12-22(17-23(24)18-34-19(2)3)28(30)21-9-7-6-8-10-21/h6-15,17,19H,5,16,18H2,1-4H3. The van der Waals surface area contributed by atoms with Crippen LogP contribution < -0.4 is 9.47 Å². The molecule has 0 aliphatic carbocycles. The molecule has 0 bridgehead atoms. The Hall–Kier alpha value is -3.25. The van der Waals surface area contributed by atoms with E-state index in [4.69, 9.17) is 14.2 Å². The van der Waals surface area contributed by atoms with Crippen molar-refractivity contribution in [2.45, 2.75) is 38.2 Å². The lowest BCUT2D eigenvalue weighted by atomic mass is 10.0. The monoisotopic (exact) mass is 478 g/mol. The molecule has 34 heavy (non-hydrogen) atoms. The van der Waals surface area contributed by atoms with Crippen molar-refractivity contribution >= 4 is 23.5 Å². The SMILES string of the molecule is CCOC(=O)Cc1ccc(OC)c(Oc2ccc(C(=O)c3ccccc3)cc2CSC(C)C)c1. The number of ketones is 1. The van der Waals surface area contributed by atoms with Gasteiger partial charge in [0.2, 0.25) is 0 Å². The van der Waals surface area contributed by atoms with Crippen LogP contribution in [0.1, 0.15) is 47.8 Å². The smallest absolute Gasteiger partial charge is 0.310 e. The van der Waals surface area contributed by atoms with Gasteiger partial charge >= 0.3 is 5.97 Å². The first kappa shape index (κ1) is 25.4. The van der Waals surface area contributed by atoms with Crippen LogP contribution in [0.2, 0.25) is 0 Å². The lowest BCUT2D eigenvalue weighted by Crippen LogP contribution is -2.07. The predicted molar refractivity (Wildman–Crippen MR) is 136 cm³/mol. The van der Waals surface area contributed by atoms with Crippen molar-refractivity contribution in [1.29, 1.82) is 0 Å². The van der Waals surface area contributed by atoms with Gasteiger partial charge in [-0.3, -0.25) is 9.59 Å². The van der Waals surface area contributed by atoms with Crippen LogP contribution in [0.25, 0.3) is 0 Å². The molecule has 0 heterocycles. The number of methoxy groups -OCH3 is 1. The van der Waals surface area contributed by atoms with Crippen LogP contribution in [0, 0.1) is 0 Å². The summed E-state index contributed by atoms with van der Waals surface area (Å²) in [5.74, 6) is 2.06.